The van der Waals surface area contributed by atoms with E-state index >= 15 is 0 Å². The van der Waals surface area contributed by atoms with Crippen molar-refractivity contribution < 1.29 is 22.7 Å². The number of hydrogen-bond donors (Lipinski definition) is 1. The monoisotopic (exact) mass is 472 g/mol. The summed E-state index contributed by atoms with van der Waals surface area (Å²) < 4.78 is 30.8. The first-order valence-electron chi connectivity index (χ1n) is 8.98. The van der Waals surface area contributed by atoms with Crippen LogP contribution < -0.4 is 9.62 Å². The molecule has 1 aromatic heterocycles. The zero-order valence-electron chi connectivity index (χ0n) is 17.2. The van der Waals surface area contributed by atoms with Crippen LogP contribution in [0.3, 0.4) is 0 Å². The van der Waals surface area contributed by atoms with Crippen molar-refractivity contribution in [2.75, 3.05) is 35.3 Å². The molecule has 0 aliphatic heterocycles. The first-order chi connectivity index (χ1) is 14.1. The summed E-state index contributed by atoms with van der Waals surface area (Å²) in [7, 11) is -2.17. The summed E-state index contributed by atoms with van der Waals surface area (Å²) in [4.78, 5) is 23.3. The predicted molar refractivity (Wildman–Crippen MR) is 119 cm³/mol. The number of hydrogen-bond acceptors (Lipinski definition) is 9. The molecule has 0 saturated carbocycles. The smallest absolute Gasteiger partial charge is 0.316 e. The number of nitrogens with zero attached hydrogens (tertiary/aromatic N) is 3. The Morgan fingerprint density at radius 1 is 1.23 bits per heavy atom. The van der Waals surface area contributed by atoms with Crippen molar-refractivity contribution in [1.29, 1.82) is 0 Å². The van der Waals surface area contributed by atoms with Crippen molar-refractivity contribution >= 4 is 55.8 Å². The number of carbonyl (C=O) groups excluding carboxylic acids is 2. The molecule has 0 atom stereocenters. The highest BCUT2D eigenvalue weighted by molar-refractivity contribution is 8.01. The number of benzene rings is 1. The van der Waals surface area contributed by atoms with E-state index in [-0.39, 0.29) is 30.6 Å². The highest BCUT2D eigenvalue weighted by Gasteiger charge is 2.18. The lowest BCUT2D eigenvalue weighted by Gasteiger charge is -2.23. The van der Waals surface area contributed by atoms with Crippen molar-refractivity contribution in [3.63, 3.8) is 0 Å². The number of methoxy groups -OCH3 is 1. The zero-order valence-corrected chi connectivity index (χ0v) is 19.6. The number of sulfonamides is 1. The third kappa shape index (κ3) is 7.26. The lowest BCUT2D eigenvalue weighted by Crippen LogP contribution is -2.31. The van der Waals surface area contributed by atoms with Gasteiger partial charge in [0.2, 0.25) is 21.1 Å². The molecule has 9 nitrogen and oxygen atoms in total. The Balaban J connectivity index is 1.89. The second kappa shape index (κ2) is 10.7. The van der Waals surface area contributed by atoms with Crippen LogP contribution in [0.5, 0.6) is 0 Å². The largest absolute Gasteiger partial charge is 0.468 e. The summed E-state index contributed by atoms with van der Waals surface area (Å²) in [5.41, 5.74) is 2.65. The second-order valence-electron chi connectivity index (χ2n) is 6.49. The fourth-order valence-electron chi connectivity index (χ4n) is 2.43. The molecule has 0 unspecified atom stereocenters. The van der Waals surface area contributed by atoms with E-state index in [0.717, 1.165) is 28.7 Å². The molecule has 30 heavy (non-hydrogen) atoms. The van der Waals surface area contributed by atoms with Crippen molar-refractivity contribution in [3.8, 4) is 0 Å². The maximum absolute atomic E-state index is 12.2. The van der Waals surface area contributed by atoms with Crippen molar-refractivity contribution in [1.82, 2.24) is 10.2 Å². The van der Waals surface area contributed by atoms with E-state index in [0.29, 0.717) is 21.6 Å². The van der Waals surface area contributed by atoms with Gasteiger partial charge in [-0.05, 0) is 43.5 Å². The van der Waals surface area contributed by atoms with Crippen LogP contribution in [0.4, 0.5) is 10.8 Å². The number of aryl methyl sites for hydroxylation is 2. The molecule has 0 radical (unpaired) electrons. The third-order valence-electron chi connectivity index (χ3n) is 4.14. The fraction of sp³-hybridized carbons (Fsp3) is 0.444. The molecular formula is C18H24N4O5S3. The van der Waals surface area contributed by atoms with Crippen LogP contribution >= 0.6 is 23.1 Å². The van der Waals surface area contributed by atoms with Gasteiger partial charge in [-0.15, -0.1) is 10.2 Å². The molecule has 0 bridgehead atoms. The number of rotatable bonds is 10. The molecule has 1 heterocycles. The summed E-state index contributed by atoms with van der Waals surface area (Å²) in [5, 5.41) is 10.7. The standard InChI is InChI=1S/C18H24N4O5S3/c1-12-7-8-14(10-13(12)2)22(30(4,25)26)9-5-6-15(23)19-17-20-21-18(29-17)28-11-16(24)27-3/h7-8,10H,5-6,9,11H2,1-4H3,(H,19,20,23). The maximum Gasteiger partial charge on any atom is 0.316 e. The van der Waals surface area contributed by atoms with Gasteiger partial charge in [-0.2, -0.15) is 0 Å². The summed E-state index contributed by atoms with van der Waals surface area (Å²) in [6.07, 6.45) is 1.62. The minimum atomic E-state index is -3.48. The van der Waals surface area contributed by atoms with Crippen LogP contribution in [0.1, 0.15) is 24.0 Å². The van der Waals surface area contributed by atoms with E-state index in [1.54, 1.807) is 6.07 Å². The van der Waals surface area contributed by atoms with Gasteiger partial charge in [0.1, 0.15) is 0 Å². The van der Waals surface area contributed by atoms with Gasteiger partial charge in [0, 0.05) is 13.0 Å². The Labute approximate surface area is 184 Å². The minimum absolute atomic E-state index is 0.110. The van der Waals surface area contributed by atoms with Crippen molar-refractivity contribution in [2.24, 2.45) is 0 Å². The molecule has 1 amide bonds. The normalized spacial score (nSPS) is 11.2. The van der Waals surface area contributed by atoms with E-state index in [2.05, 4.69) is 20.3 Å². The van der Waals surface area contributed by atoms with Crippen LogP contribution in [-0.4, -0.2) is 56.2 Å². The maximum atomic E-state index is 12.2. The Hall–Kier alpha value is -2.18. The number of aromatic nitrogens is 2. The third-order valence-corrected chi connectivity index (χ3v) is 7.28. The van der Waals surface area contributed by atoms with Crippen molar-refractivity contribution in [2.45, 2.75) is 31.0 Å². The lowest BCUT2D eigenvalue weighted by molar-refractivity contribution is -0.137. The SMILES string of the molecule is COC(=O)CSc1nnc(NC(=O)CCCN(c2ccc(C)c(C)c2)S(C)(=O)=O)s1. The molecule has 2 aromatic rings. The highest BCUT2D eigenvalue weighted by Crippen LogP contribution is 2.26. The number of nitrogens with one attached hydrogen (secondary N) is 1. The Bertz CT molecular complexity index is 1010. The van der Waals surface area contributed by atoms with Crippen LogP contribution in [0.25, 0.3) is 0 Å². The van der Waals surface area contributed by atoms with Crippen molar-refractivity contribution in [3.05, 3.63) is 29.3 Å². The Kier molecular flexibility index (Phi) is 8.62. The minimum Gasteiger partial charge on any atom is -0.468 e. The van der Waals surface area contributed by atoms with Gasteiger partial charge < -0.3 is 10.1 Å². The summed E-state index contributed by atoms with van der Waals surface area (Å²) in [6.45, 7) is 4.07. The molecule has 2 rings (SSSR count). The van der Waals surface area contributed by atoms with Crippen LogP contribution in [0.2, 0.25) is 0 Å². The van der Waals surface area contributed by atoms with E-state index in [4.69, 9.17) is 0 Å². The lowest BCUT2D eigenvalue weighted by atomic mass is 10.1. The Morgan fingerprint density at radius 2 is 1.97 bits per heavy atom. The molecule has 1 aromatic carbocycles. The molecule has 0 fully saturated rings. The fourth-order valence-corrected chi connectivity index (χ4v) is 4.99. The summed E-state index contributed by atoms with van der Waals surface area (Å²) in [5.74, 6) is -0.553. The molecule has 164 valence electrons. The molecule has 0 saturated heterocycles. The zero-order chi connectivity index (χ0) is 22.3. The van der Waals surface area contributed by atoms with Crippen LogP contribution in [0.15, 0.2) is 22.5 Å². The molecule has 12 heteroatoms. The Morgan fingerprint density at radius 3 is 2.60 bits per heavy atom. The van der Waals surface area contributed by atoms with Gasteiger partial charge in [-0.25, -0.2) is 8.42 Å². The van der Waals surface area contributed by atoms with Crippen LogP contribution in [-0.2, 0) is 24.3 Å². The van der Waals surface area contributed by atoms with Gasteiger partial charge in [0.25, 0.3) is 0 Å². The number of thioether (sulfide) groups is 1. The predicted octanol–water partition coefficient (Wildman–Crippen LogP) is 2.60. The van der Waals surface area contributed by atoms with Gasteiger partial charge in [-0.1, -0.05) is 29.2 Å². The average molecular weight is 473 g/mol. The molecule has 0 aliphatic carbocycles. The van der Waals surface area contributed by atoms with E-state index in [1.807, 2.05) is 26.0 Å². The number of esters is 1. The van der Waals surface area contributed by atoms with Gasteiger partial charge in [-0.3, -0.25) is 13.9 Å². The first kappa shape index (κ1) is 24.1. The van der Waals surface area contributed by atoms with Gasteiger partial charge in [0.15, 0.2) is 4.34 Å². The molecular weight excluding hydrogens is 448 g/mol. The second-order valence-corrected chi connectivity index (χ2v) is 10.6. The molecule has 0 aliphatic rings. The topological polar surface area (TPSA) is 119 Å². The molecule has 0 spiro atoms. The number of carbonyl (C=O) groups is 2. The first-order valence-corrected chi connectivity index (χ1v) is 12.6. The quantitative estimate of drug-likeness (QED) is 0.318. The van der Waals surface area contributed by atoms with Gasteiger partial charge >= 0.3 is 5.97 Å². The van der Waals surface area contributed by atoms with E-state index < -0.39 is 10.0 Å². The summed E-state index contributed by atoms with van der Waals surface area (Å²) in [6, 6.07) is 5.46. The average Bonchev–Trinajstić information content (AvgIpc) is 3.12. The van der Waals surface area contributed by atoms with E-state index in [9.17, 15) is 18.0 Å². The number of anilines is 2. The number of amides is 1. The molecule has 1 N–H and O–H groups in total. The van der Waals surface area contributed by atoms with Gasteiger partial charge in [0.05, 0.1) is 24.8 Å². The number of ether oxygens (including phenoxy) is 1. The highest BCUT2D eigenvalue weighted by atomic mass is 32.2. The summed E-state index contributed by atoms with van der Waals surface area (Å²) >= 11 is 2.32. The van der Waals surface area contributed by atoms with Crippen LogP contribution in [0, 0.1) is 13.8 Å². The van der Waals surface area contributed by atoms with E-state index in [1.165, 1.54) is 23.2 Å².